The second-order valence-electron chi connectivity index (χ2n) is 7.91. The van der Waals surface area contributed by atoms with Crippen LogP contribution in [0.25, 0.3) is 17.1 Å². The van der Waals surface area contributed by atoms with Crippen LogP contribution in [-0.2, 0) is 6.42 Å². The van der Waals surface area contributed by atoms with E-state index in [0.717, 1.165) is 30.0 Å². The van der Waals surface area contributed by atoms with E-state index in [1.165, 1.54) is 29.7 Å². The van der Waals surface area contributed by atoms with Crippen molar-refractivity contribution in [2.24, 2.45) is 0 Å². The summed E-state index contributed by atoms with van der Waals surface area (Å²) < 4.78 is 2.66. The number of nitrogens with zero attached hydrogens (tertiary/aromatic N) is 3. The summed E-state index contributed by atoms with van der Waals surface area (Å²) in [6, 6.07) is 15.2. The van der Waals surface area contributed by atoms with Gasteiger partial charge in [0.2, 0.25) is 0 Å². The molecule has 0 aliphatic rings. The number of rotatable bonds is 8. The van der Waals surface area contributed by atoms with Crippen molar-refractivity contribution >= 4 is 17.9 Å². The van der Waals surface area contributed by atoms with Crippen LogP contribution in [0.2, 0.25) is 0 Å². The predicted molar refractivity (Wildman–Crippen MR) is 126 cm³/mol. The molecule has 0 atom stereocenters. The highest BCUT2D eigenvalue weighted by Gasteiger charge is 2.15. The van der Waals surface area contributed by atoms with Crippen LogP contribution >= 0.6 is 12.2 Å². The minimum absolute atomic E-state index is 0.466. The molecule has 154 valence electrons. The Morgan fingerprint density at radius 3 is 2.62 bits per heavy atom. The maximum Gasteiger partial charge on any atom is 0.200 e. The van der Waals surface area contributed by atoms with Crippen molar-refractivity contribution in [1.29, 1.82) is 0 Å². The van der Waals surface area contributed by atoms with E-state index in [1.54, 1.807) is 0 Å². The fourth-order valence-corrected chi connectivity index (χ4v) is 3.87. The molecule has 0 amide bonds. The Morgan fingerprint density at radius 2 is 1.93 bits per heavy atom. The molecule has 4 nitrogen and oxygen atoms in total. The van der Waals surface area contributed by atoms with Crippen LogP contribution < -0.4 is 4.90 Å². The van der Waals surface area contributed by atoms with Gasteiger partial charge >= 0.3 is 0 Å². The molecule has 0 spiro atoms. The molecule has 0 saturated carbocycles. The van der Waals surface area contributed by atoms with Crippen molar-refractivity contribution in [3.8, 4) is 17.1 Å². The molecule has 0 radical (unpaired) electrons. The quantitative estimate of drug-likeness (QED) is 0.431. The Balaban J connectivity index is 2.09. The number of hydrogen-bond acceptors (Lipinski definition) is 3. The van der Waals surface area contributed by atoms with Crippen molar-refractivity contribution in [2.45, 2.75) is 52.9 Å². The number of aromatic amines is 1. The van der Waals surface area contributed by atoms with Gasteiger partial charge in [-0.2, -0.15) is 5.10 Å². The molecule has 0 bridgehead atoms. The Kier molecular flexibility index (Phi) is 6.91. The van der Waals surface area contributed by atoms with Gasteiger partial charge in [-0.25, -0.2) is 0 Å². The van der Waals surface area contributed by atoms with Crippen LogP contribution in [0.1, 0.15) is 57.6 Å². The highest BCUT2D eigenvalue weighted by Crippen LogP contribution is 2.29. The van der Waals surface area contributed by atoms with Crippen LogP contribution in [-0.4, -0.2) is 28.4 Å². The molecule has 1 aromatic heterocycles. The number of benzene rings is 2. The van der Waals surface area contributed by atoms with Gasteiger partial charge < -0.3 is 4.90 Å². The third-order valence-corrected chi connectivity index (χ3v) is 5.72. The van der Waals surface area contributed by atoms with E-state index in [0.29, 0.717) is 10.7 Å². The van der Waals surface area contributed by atoms with Gasteiger partial charge in [0.05, 0.1) is 5.69 Å². The fourth-order valence-electron chi connectivity index (χ4n) is 3.63. The number of hydrogen-bond donors (Lipinski definition) is 1. The van der Waals surface area contributed by atoms with E-state index >= 15 is 0 Å². The van der Waals surface area contributed by atoms with Gasteiger partial charge in [0, 0.05) is 24.8 Å². The first kappa shape index (κ1) is 21.3. The lowest BCUT2D eigenvalue weighted by atomic mass is 10.0. The lowest BCUT2D eigenvalue weighted by Crippen LogP contribution is -2.20. The summed E-state index contributed by atoms with van der Waals surface area (Å²) in [6.45, 7) is 9.90. The third-order valence-electron chi connectivity index (χ3n) is 5.45. The molecule has 3 aromatic rings. The Bertz CT molecular complexity index is 1020. The van der Waals surface area contributed by atoms with Gasteiger partial charge in [-0.1, -0.05) is 58.4 Å². The molecule has 3 rings (SSSR count). The summed E-state index contributed by atoms with van der Waals surface area (Å²) in [4.78, 5) is 2.36. The number of H-pyrrole nitrogens is 1. The topological polar surface area (TPSA) is 36.9 Å². The van der Waals surface area contributed by atoms with E-state index in [4.69, 9.17) is 12.2 Å². The number of unbranched alkanes of at least 4 members (excludes halogenated alkanes) is 1. The lowest BCUT2D eigenvalue weighted by Gasteiger charge is -2.23. The van der Waals surface area contributed by atoms with Crippen molar-refractivity contribution in [2.75, 3.05) is 18.5 Å². The lowest BCUT2D eigenvalue weighted by molar-refractivity contribution is 0.763. The Morgan fingerprint density at radius 1 is 1.14 bits per heavy atom. The third kappa shape index (κ3) is 4.61. The molecule has 2 aromatic carbocycles. The standard InChI is InChI=1S/C24H32N4S/c1-6-8-14-27(5)22-16-21(13-12-18(22)7-2)28-23(25-26-24(28)29)20-11-9-10-19(15-20)17(3)4/h9-13,15-17H,6-8,14H2,1-5H3,(H,26,29). The van der Waals surface area contributed by atoms with Gasteiger partial charge in [0.15, 0.2) is 10.6 Å². The van der Waals surface area contributed by atoms with E-state index in [-0.39, 0.29) is 0 Å². The zero-order valence-corrected chi connectivity index (χ0v) is 19.0. The number of nitrogens with one attached hydrogen (secondary N) is 1. The van der Waals surface area contributed by atoms with E-state index in [9.17, 15) is 0 Å². The molecule has 0 unspecified atom stereocenters. The average molecular weight is 409 g/mol. The smallest absolute Gasteiger partial charge is 0.200 e. The van der Waals surface area contributed by atoms with Crippen molar-refractivity contribution < 1.29 is 0 Å². The highest BCUT2D eigenvalue weighted by atomic mass is 32.1. The molecule has 0 fully saturated rings. The first-order valence-electron chi connectivity index (χ1n) is 10.6. The monoisotopic (exact) mass is 408 g/mol. The Labute approximate surface area is 179 Å². The maximum atomic E-state index is 5.61. The van der Waals surface area contributed by atoms with Crippen molar-refractivity contribution in [3.63, 3.8) is 0 Å². The maximum absolute atomic E-state index is 5.61. The van der Waals surface area contributed by atoms with Crippen LogP contribution in [0.5, 0.6) is 0 Å². The molecule has 0 aliphatic heterocycles. The SMILES string of the molecule is CCCCN(C)c1cc(-n2c(-c3cccc(C(C)C)c3)n[nH]c2=S)ccc1CC. The zero-order valence-electron chi connectivity index (χ0n) is 18.2. The molecule has 5 heteroatoms. The summed E-state index contributed by atoms with van der Waals surface area (Å²) in [6.07, 6.45) is 3.38. The van der Waals surface area contributed by atoms with Gasteiger partial charge in [-0.05, 0) is 60.3 Å². The van der Waals surface area contributed by atoms with Gasteiger partial charge in [-0.15, -0.1) is 0 Å². The molecule has 1 N–H and O–H groups in total. The molecular weight excluding hydrogens is 376 g/mol. The molecule has 0 aliphatic carbocycles. The van der Waals surface area contributed by atoms with Crippen LogP contribution in [0.15, 0.2) is 42.5 Å². The van der Waals surface area contributed by atoms with E-state index in [1.807, 2.05) is 4.57 Å². The van der Waals surface area contributed by atoms with Crippen LogP contribution in [0.4, 0.5) is 5.69 Å². The Hall–Kier alpha value is -2.40. The van der Waals surface area contributed by atoms with Crippen LogP contribution in [0, 0.1) is 4.77 Å². The zero-order chi connectivity index (χ0) is 21.0. The summed E-state index contributed by atoms with van der Waals surface area (Å²) in [5.74, 6) is 1.32. The minimum atomic E-state index is 0.466. The van der Waals surface area contributed by atoms with Gasteiger partial charge in [0.1, 0.15) is 0 Å². The molecule has 1 heterocycles. The number of aromatic nitrogens is 3. The van der Waals surface area contributed by atoms with E-state index < -0.39 is 0 Å². The summed E-state index contributed by atoms with van der Waals surface area (Å²) in [5, 5.41) is 7.56. The highest BCUT2D eigenvalue weighted by molar-refractivity contribution is 7.71. The first-order chi connectivity index (χ1) is 14.0. The molecule has 0 saturated heterocycles. The second-order valence-corrected chi connectivity index (χ2v) is 8.30. The largest absolute Gasteiger partial charge is 0.374 e. The summed E-state index contributed by atoms with van der Waals surface area (Å²) in [5.41, 5.74) is 6.03. The minimum Gasteiger partial charge on any atom is -0.374 e. The molecular formula is C24H32N4S. The summed E-state index contributed by atoms with van der Waals surface area (Å²) >= 11 is 5.61. The predicted octanol–water partition coefficient (Wildman–Crippen LogP) is 6.52. The van der Waals surface area contributed by atoms with Crippen LogP contribution in [0.3, 0.4) is 0 Å². The van der Waals surface area contributed by atoms with Gasteiger partial charge in [0.25, 0.3) is 0 Å². The van der Waals surface area contributed by atoms with E-state index in [2.05, 4.69) is 92.3 Å². The molecule has 29 heavy (non-hydrogen) atoms. The van der Waals surface area contributed by atoms with Crippen molar-refractivity contribution in [3.05, 3.63) is 58.4 Å². The normalized spacial score (nSPS) is 11.2. The number of anilines is 1. The summed E-state index contributed by atoms with van der Waals surface area (Å²) in [7, 11) is 2.18. The van der Waals surface area contributed by atoms with Gasteiger partial charge in [-0.3, -0.25) is 9.67 Å². The van der Waals surface area contributed by atoms with Crippen molar-refractivity contribution in [1.82, 2.24) is 14.8 Å². The first-order valence-corrected chi connectivity index (χ1v) is 11.0. The number of aryl methyl sites for hydroxylation is 1. The second kappa shape index (κ2) is 9.40. The average Bonchev–Trinajstić information content (AvgIpc) is 3.13. The fraction of sp³-hybridized carbons (Fsp3) is 0.417.